The molecule has 1 aliphatic heterocycles. The topological polar surface area (TPSA) is 80.6 Å². The van der Waals surface area contributed by atoms with Gasteiger partial charge in [-0.25, -0.2) is 0 Å². The lowest BCUT2D eigenvalue weighted by Gasteiger charge is -2.30. The average Bonchev–Trinajstić information content (AvgIpc) is 2.77. The molecule has 0 aromatic heterocycles. The quantitative estimate of drug-likeness (QED) is 0.647. The predicted molar refractivity (Wildman–Crippen MR) is 100 cm³/mol. The molecule has 0 saturated heterocycles. The summed E-state index contributed by atoms with van der Waals surface area (Å²) >= 11 is 0. The summed E-state index contributed by atoms with van der Waals surface area (Å²) in [7, 11) is 0. The Morgan fingerprint density at radius 1 is 1.12 bits per heavy atom. The Labute approximate surface area is 155 Å². The van der Waals surface area contributed by atoms with Gasteiger partial charge in [-0.1, -0.05) is 43.7 Å². The lowest BCUT2D eigenvalue weighted by atomic mass is 9.75. The smallest absolute Gasteiger partial charge is 0.172 e. The van der Waals surface area contributed by atoms with Crippen molar-refractivity contribution in [3.05, 3.63) is 57.9 Å². The van der Waals surface area contributed by atoms with Crippen molar-refractivity contribution >= 4 is 0 Å². The van der Waals surface area contributed by atoms with Gasteiger partial charge in [-0.2, -0.15) is 15.8 Å². The summed E-state index contributed by atoms with van der Waals surface area (Å²) in [5.41, 5.74) is 2.83. The zero-order chi connectivity index (χ0) is 19.5. The second-order valence-electron chi connectivity index (χ2n) is 8.05. The molecule has 1 heterocycles. The summed E-state index contributed by atoms with van der Waals surface area (Å²) in [6.07, 6.45) is 10.1. The van der Waals surface area contributed by atoms with E-state index in [1.165, 1.54) is 11.1 Å². The fraction of sp³-hybridized carbons (Fsp3) is 0.409. The second-order valence-corrected chi connectivity index (χ2v) is 8.05. The second kappa shape index (κ2) is 7.07. The number of nitrogens with zero attached hydrogens (tertiary/aromatic N) is 3. The summed E-state index contributed by atoms with van der Waals surface area (Å²) in [5.74, 6) is 0.0735. The Morgan fingerprint density at radius 2 is 1.77 bits per heavy atom. The molecule has 0 spiro atoms. The van der Waals surface area contributed by atoms with Crippen LogP contribution >= 0.6 is 0 Å². The summed E-state index contributed by atoms with van der Waals surface area (Å²) in [4.78, 5) is 0. The zero-order valence-electron chi connectivity index (χ0n) is 16.0. The minimum atomic E-state index is -0.772. The molecule has 0 bridgehead atoms. The van der Waals surface area contributed by atoms with Crippen LogP contribution in [0.5, 0.6) is 0 Å². The van der Waals surface area contributed by atoms with Crippen LogP contribution in [0.2, 0.25) is 0 Å². The standard InChI is InChI=1S/C22H23N3O/c1-15-9-16(11-21(2,3)10-15)7-6-8-19-18(14-25)20(17(12-23)13-24)26-22(19,4)5/h6-9H,10-11H2,1-5H3/b8-6+,16-7-. The Balaban J connectivity index is 2.44. The van der Waals surface area contributed by atoms with Gasteiger partial charge in [0.25, 0.3) is 0 Å². The van der Waals surface area contributed by atoms with Gasteiger partial charge in [-0.15, -0.1) is 0 Å². The molecular formula is C22H23N3O. The number of hydrogen-bond acceptors (Lipinski definition) is 4. The first kappa shape index (κ1) is 19.3. The van der Waals surface area contributed by atoms with Crippen molar-refractivity contribution in [2.45, 2.75) is 53.1 Å². The molecule has 0 saturated carbocycles. The fourth-order valence-corrected chi connectivity index (χ4v) is 3.65. The third-order valence-corrected chi connectivity index (χ3v) is 4.51. The van der Waals surface area contributed by atoms with Crippen LogP contribution in [0.4, 0.5) is 0 Å². The number of nitriles is 3. The summed E-state index contributed by atoms with van der Waals surface area (Å²) < 4.78 is 5.76. The van der Waals surface area contributed by atoms with Crippen molar-refractivity contribution in [2.24, 2.45) is 5.41 Å². The number of ether oxygens (including phenoxy) is 1. The molecule has 2 aliphatic rings. The van der Waals surface area contributed by atoms with E-state index >= 15 is 0 Å². The normalized spacial score (nSPS) is 22.5. The Kier molecular flexibility index (Phi) is 5.25. The minimum absolute atomic E-state index is 0.0735. The van der Waals surface area contributed by atoms with Crippen molar-refractivity contribution in [1.29, 1.82) is 15.8 Å². The van der Waals surface area contributed by atoms with Gasteiger partial charge in [0, 0.05) is 5.57 Å². The van der Waals surface area contributed by atoms with Crippen LogP contribution in [0.1, 0.15) is 47.5 Å². The highest BCUT2D eigenvalue weighted by Crippen LogP contribution is 2.40. The first-order chi connectivity index (χ1) is 12.1. The molecule has 0 aromatic carbocycles. The van der Waals surface area contributed by atoms with Gasteiger partial charge in [0.1, 0.15) is 29.4 Å². The van der Waals surface area contributed by atoms with E-state index in [-0.39, 0.29) is 22.3 Å². The summed E-state index contributed by atoms with van der Waals surface area (Å²) in [6, 6.07) is 5.69. The fourth-order valence-electron chi connectivity index (χ4n) is 3.65. The largest absolute Gasteiger partial charge is 0.480 e. The molecule has 0 atom stereocenters. The van der Waals surface area contributed by atoms with Gasteiger partial charge in [-0.3, -0.25) is 0 Å². The highest BCUT2D eigenvalue weighted by molar-refractivity contribution is 5.60. The van der Waals surface area contributed by atoms with Crippen LogP contribution in [0, 0.1) is 39.4 Å². The van der Waals surface area contributed by atoms with Crippen molar-refractivity contribution in [1.82, 2.24) is 0 Å². The third kappa shape index (κ3) is 3.96. The van der Waals surface area contributed by atoms with Crippen molar-refractivity contribution in [2.75, 3.05) is 0 Å². The van der Waals surface area contributed by atoms with Gasteiger partial charge in [0.15, 0.2) is 11.3 Å². The van der Waals surface area contributed by atoms with E-state index in [1.54, 1.807) is 12.1 Å². The van der Waals surface area contributed by atoms with Crippen molar-refractivity contribution in [3.63, 3.8) is 0 Å². The van der Waals surface area contributed by atoms with E-state index in [2.05, 4.69) is 39.0 Å². The number of hydrogen-bond donors (Lipinski definition) is 0. The lowest BCUT2D eigenvalue weighted by molar-refractivity contribution is 0.0954. The molecule has 2 rings (SSSR count). The molecular weight excluding hydrogens is 322 g/mol. The van der Waals surface area contributed by atoms with Crippen LogP contribution in [0.15, 0.2) is 57.9 Å². The molecule has 0 fully saturated rings. The summed E-state index contributed by atoms with van der Waals surface area (Å²) in [6.45, 7) is 10.3. The van der Waals surface area contributed by atoms with E-state index < -0.39 is 5.60 Å². The molecule has 1 aliphatic carbocycles. The van der Waals surface area contributed by atoms with Crippen LogP contribution < -0.4 is 0 Å². The summed E-state index contributed by atoms with van der Waals surface area (Å²) in [5, 5.41) is 27.7. The van der Waals surface area contributed by atoms with Gasteiger partial charge in [-0.05, 0) is 44.6 Å². The van der Waals surface area contributed by atoms with E-state index in [1.807, 2.05) is 26.0 Å². The highest BCUT2D eigenvalue weighted by Gasteiger charge is 2.38. The Hall–Kier alpha value is -3.03. The van der Waals surface area contributed by atoms with Crippen molar-refractivity contribution < 1.29 is 4.74 Å². The lowest BCUT2D eigenvalue weighted by Crippen LogP contribution is -2.20. The zero-order valence-corrected chi connectivity index (χ0v) is 16.0. The molecule has 26 heavy (non-hydrogen) atoms. The van der Waals surface area contributed by atoms with E-state index in [0.717, 1.165) is 12.8 Å². The first-order valence-electron chi connectivity index (χ1n) is 8.56. The molecule has 132 valence electrons. The Bertz CT molecular complexity index is 885. The monoisotopic (exact) mass is 345 g/mol. The van der Waals surface area contributed by atoms with E-state index in [0.29, 0.717) is 5.57 Å². The predicted octanol–water partition coefficient (Wildman–Crippen LogP) is 5.17. The first-order valence-corrected chi connectivity index (χ1v) is 8.56. The van der Waals surface area contributed by atoms with Crippen molar-refractivity contribution in [3.8, 4) is 18.2 Å². The maximum absolute atomic E-state index is 9.53. The van der Waals surface area contributed by atoms with Crippen LogP contribution in [-0.4, -0.2) is 5.60 Å². The Morgan fingerprint density at radius 3 is 2.31 bits per heavy atom. The number of allylic oxidation sites excluding steroid dienone is 7. The maximum Gasteiger partial charge on any atom is 0.172 e. The number of rotatable bonds is 2. The molecule has 0 amide bonds. The van der Waals surface area contributed by atoms with Gasteiger partial charge in [0.2, 0.25) is 0 Å². The van der Waals surface area contributed by atoms with E-state index in [4.69, 9.17) is 15.3 Å². The molecule has 4 nitrogen and oxygen atoms in total. The van der Waals surface area contributed by atoms with Gasteiger partial charge < -0.3 is 4.74 Å². The highest BCUT2D eigenvalue weighted by atomic mass is 16.5. The molecule has 0 aromatic rings. The minimum Gasteiger partial charge on any atom is -0.480 e. The molecule has 0 unspecified atom stereocenters. The van der Waals surface area contributed by atoms with Crippen LogP contribution in [0.25, 0.3) is 0 Å². The molecule has 0 radical (unpaired) electrons. The van der Waals surface area contributed by atoms with Crippen LogP contribution in [-0.2, 0) is 4.74 Å². The molecule has 4 heteroatoms. The SMILES string of the molecule is CC1=C/C(=C/C=C/C2=C(C#N)C(=C(C#N)C#N)OC2(C)C)CC(C)(C)C1. The van der Waals surface area contributed by atoms with Gasteiger partial charge >= 0.3 is 0 Å². The van der Waals surface area contributed by atoms with E-state index in [9.17, 15) is 5.26 Å². The average molecular weight is 345 g/mol. The third-order valence-electron chi connectivity index (χ3n) is 4.51. The molecule has 0 N–H and O–H groups in total. The maximum atomic E-state index is 9.53. The van der Waals surface area contributed by atoms with Gasteiger partial charge in [0.05, 0.1) is 0 Å². The van der Waals surface area contributed by atoms with Crippen LogP contribution in [0.3, 0.4) is 0 Å².